The fourth-order valence-electron chi connectivity index (χ4n) is 3.73. The van der Waals surface area contributed by atoms with Crippen molar-refractivity contribution in [1.29, 1.82) is 0 Å². The van der Waals surface area contributed by atoms with E-state index in [1.807, 2.05) is 30.1 Å². The number of fused-ring (bicyclic) bond motifs is 1. The van der Waals surface area contributed by atoms with Gasteiger partial charge in [-0.25, -0.2) is 9.97 Å². The predicted molar refractivity (Wildman–Crippen MR) is 109 cm³/mol. The summed E-state index contributed by atoms with van der Waals surface area (Å²) in [4.78, 5) is 16.1. The molecule has 0 spiro atoms. The van der Waals surface area contributed by atoms with Gasteiger partial charge in [0.05, 0.1) is 11.6 Å². The molecule has 1 N–H and O–H groups in total. The molecule has 28 heavy (non-hydrogen) atoms. The molecule has 4 heterocycles. The van der Waals surface area contributed by atoms with E-state index in [9.17, 15) is 0 Å². The number of hydrogen-bond donors (Lipinski definition) is 1. The number of aryl methyl sites for hydroxylation is 1. The second-order valence-electron chi connectivity index (χ2n) is 6.98. The van der Waals surface area contributed by atoms with E-state index in [4.69, 9.17) is 9.97 Å². The fraction of sp³-hybridized carbons (Fsp3) is 0.238. The Labute approximate surface area is 163 Å². The van der Waals surface area contributed by atoms with E-state index < -0.39 is 0 Å². The third-order valence-corrected chi connectivity index (χ3v) is 5.19. The molecule has 0 aliphatic carbocycles. The summed E-state index contributed by atoms with van der Waals surface area (Å²) in [5.74, 6) is 1.63. The number of pyridine rings is 1. The number of anilines is 1. The summed E-state index contributed by atoms with van der Waals surface area (Å²) in [7, 11) is 1.92. The van der Waals surface area contributed by atoms with Crippen molar-refractivity contribution in [2.24, 2.45) is 7.05 Å². The molecule has 1 aliphatic rings. The SMILES string of the molecule is Cn1ncc2c(N3CCNC(c4ccccc4)C3)nc(-c3ccncc3)nc21. The van der Waals surface area contributed by atoms with Gasteiger partial charge in [-0.05, 0) is 17.7 Å². The van der Waals surface area contributed by atoms with Crippen LogP contribution < -0.4 is 10.2 Å². The van der Waals surface area contributed by atoms with E-state index >= 15 is 0 Å². The van der Waals surface area contributed by atoms with Crippen LogP contribution in [-0.4, -0.2) is 44.4 Å². The summed E-state index contributed by atoms with van der Waals surface area (Å²) < 4.78 is 1.81. The zero-order valence-electron chi connectivity index (χ0n) is 15.7. The second-order valence-corrected chi connectivity index (χ2v) is 6.98. The number of piperazine rings is 1. The molecule has 1 atom stereocenters. The highest BCUT2D eigenvalue weighted by Gasteiger charge is 2.25. The van der Waals surface area contributed by atoms with Crippen molar-refractivity contribution in [3.05, 3.63) is 66.6 Å². The quantitative estimate of drug-likeness (QED) is 0.597. The molecule has 0 amide bonds. The zero-order valence-corrected chi connectivity index (χ0v) is 15.7. The van der Waals surface area contributed by atoms with E-state index in [2.05, 4.69) is 50.6 Å². The van der Waals surface area contributed by atoms with Crippen LogP contribution in [0.3, 0.4) is 0 Å². The predicted octanol–water partition coefficient (Wildman–Crippen LogP) is 2.58. The third-order valence-electron chi connectivity index (χ3n) is 5.19. The molecule has 0 bridgehead atoms. The molecule has 7 nitrogen and oxygen atoms in total. The summed E-state index contributed by atoms with van der Waals surface area (Å²) in [6, 6.07) is 14.7. The first-order valence-electron chi connectivity index (χ1n) is 9.43. The zero-order chi connectivity index (χ0) is 18.9. The van der Waals surface area contributed by atoms with Crippen LogP contribution in [0.2, 0.25) is 0 Å². The van der Waals surface area contributed by atoms with Gasteiger partial charge in [-0.3, -0.25) is 9.67 Å². The summed E-state index contributed by atoms with van der Waals surface area (Å²) >= 11 is 0. The van der Waals surface area contributed by atoms with Crippen LogP contribution in [0.4, 0.5) is 5.82 Å². The minimum absolute atomic E-state index is 0.265. The highest BCUT2D eigenvalue weighted by atomic mass is 15.3. The molecule has 1 fully saturated rings. The lowest BCUT2D eigenvalue weighted by atomic mass is 10.0. The first kappa shape index (κ1) is 16.8. The molecular formula is C21H21N7. The average Bonchev–Trinajstić information content (AvgIpc) is 3.15. The lowest BCUT2D eigenvalue weighted by molar-refractivity contribution is 0.470. The normalized spacial score (nSPS) is 17.2. The highest BCUT2D eigenvalue weighted by Crippen LogP contribution is 2.29. The van der Waals surface area contributed by atoms with Gasteiger partial charge in [0.1, 0.15) is 5.82 Å². The highest BCUT2D eigenvalue weighted by molar-refractivity contribution is 5.88. The number of rotatable bonds is 3. The number of nitrogens with one attached hydrogen (secondary N) is 1. The van der Waals surface area contributed by atoms with Crippen LogP contribution in [0.15, 0.2) is 61.1 Å². The van der Waals surface area contributed by atoms with E-state index in [1.165, 1.54) is 5.56 Å². The van der Waals surface area contributed by atoms with Gasteiger partial charge in [-0.2, -0.15) is 5.10 Å². The second kappa shape index (κ2) is 7.01. The standard InChI is InChI=1S/C21H21N7/c1-27-20-17(13-24-27)21(26-19(25-20)16-7-9-22-10-8-16)28-12-11-23-18(14-28)15-5-3-2-4-6-15/h2-10,13,18,23H,11-12,14H2,1H3. The van der Waals surface area contributed by atoms with Crippen LogP contribution in [0.1, 0.15) is 11.6 Å². The monoisotopic (exact) mass is 371 g/mol. The number of aromatic nitrogens is 5. The Balaban J connectivity index is 1.58. The Morgan fingerprint density at radius 1 is 1.04 bits per heavy atom. The molecule has 1 aromatic carbocycles. The Morgan fingerprint density at radius 2 is 1.86 bits per heavy atom. The van der Waals surface area contributed by atoms with Crippen molar-refractivity contribution >= 4 is 16.9 Å². The van der Waals surface area contributed by atoms with Gasteiger partial charge in [0, 0.05) is 50.7 Å². The van der Waals surface area contributed by atoms with Gasteiger partial charge >= 0.3 is 0 Å². The van der Waals surface area contributed by atoms with E-state index in [0.717, 1.165) is 42.0 Å². The van der Waals surface area contributed by atoms with Gasteiger partial charge in [-0.15, -0.1) is 0 Å². The topological polar surface area (TPSA) is 71.8 Å². The largest absolute Gasteiger partial charge is 0.353 e. The molecule has 4 aromatic rings. The van der Waals surface area contributed by atoms with Gasteiger partial charge in [-0.1, -0.05) is 30.3 Å². The minimum atomic E-state index is 0.265. The smallest absolute Gasteiger partial charge is 0.164 e. The van der Waals surface area contributed by atoms with Crippen molar-refractivity contribution in [2.75, 3.05) is 24.5 Å². The summed E-state index contributed by atoms with van der Waals surface area (Å²) in [6.45, 7) is 2.64. The molecule has 3 aromatic heterocycles. The minimum Gasteiger partial charge on any atom is -0.353 e. The van der Waals surface area contributed by atoms with Crippen molar-refractivity contribution in [1.82, 2.24) is 30.0 Å². The number of hydrogen-bond acceptors (Lipinski definition) is 6. The van der Waals surface area contributed by atoms with Gasteiger partial charge < -0.3 is 10.2 Å². The van der Waals surface area contributed by atoms with E-state index in [0.29, 0.717) is 5.82 Å². The van der Waals surface area contributed by atoms with Crippen LogP contribution in [0.5, 0.6) is 0 Å². The van der Waals surface area contributed by atoms with E-state index in [1.54, 1.807) is 12.4 Å². The van der Waals surface area contributed by atoms with Gasteiger partial charge in [0.25, 0.3) is 0 Å². The van der Waals surface area contributed by atoms with Crippen LogP contribution in [0, 0.1) is 0 Å². The molecule has 1 aliphatic heterocycles. The lowest BCUT2D eigenvalue weighted by Gasteiger charge is -2.35. The van der Waals surface area contributed by atoms with Gasteiger partial charge in [0.2, 0.25) is 0 Å². The van der Waals surface area contributed by atoms with Crippen molar-refractivity contribution in [3.8, 4) is 11.4 Å². The molecule has 5 rings (SSSR count). The summed E-state index contributed by atoms with van der Waals surface area (Å²) in [5.41, 5.74) is 3.08. The fourth-order valence-corrected chi connectivity index (χ4v) is 3.73. The average molecular weight is 371 g/mol. The van der Waals surface area contributed by atoms with Crippen LogP contribution in [-0.2, 0) is 7.05 Å². The summed E-state index contributed by atoms with van der Waals surface area (Å²) in [6.07, 6.45) is 5.39. The van der Waals surface area contributed by atoms with Crippen molar-refractivity contribution in [2.45, 2.75) is 6.04 Å². The molecule has 7 heteroatoms. The number of benzene rings is 1. The Hall–Kier alpha value is -3.32. The van der Waals surface area contributed by atoms with E-state index in [-0.39, 0.29) is 6.04 Å². The van der Waals surface area contributed by atoms with Crippen LogP contribution in [0.25, 0.3) is 22.4 Å². The third kappa shape index (κ3) is 2.99. The molecule has 1 unspecified atom stereocenters. The maximum atomic E-state index is 4.94. The molecule has 0 radical (unpaired) electrons. The van der Waals surface area contributed by atoms with Gasteiger partial charge in [0.15, 0.2) is 11.5 Å². The Bertz CT molecular complexity index is 1090. The molecule has 0 saturated carbocycles. The maximum absolute atomic E-state index is 4.94. The first-order chi connectivity index (χ1) is 13.8. The maximum Gasteiger partial charge on any atom is 0.164 e. The molecule has 1 saturated heterocycles. The molecule has 140 valence electrons. The summed E-state index contributed by atoms with van der Waals surface area (Å²) in [5, 5.41) is 9.02. The Kier molecular flexibility index (Phi) is 4.21. The Morgan fingerprint density at radius 3 is 2.68 bits per heavy atom. The first-order valence-corrected chi connectivity index (χ1v) is 9.43. The van der Waals surface area contributed by atoms with Crippen molar-refractivity contribution in [3.63, 3.8) is 0 Å². The molecular weight excluding hydrogens is 350 g/mol. The lowest BCUT2D eigenvalue weighted by Crippen LogP contribution is -2.46. The van der Waals surface area contributed by atoms with Crippen LogP contribution >= 0.6 is 0 Å². The number of nitrogens with zero attached hydrogens (tertiary/aromatic N) is 6. The van der Waals surface area contributed by atoms with Crippen molar-refractivity contribution < 1.29 is 0 Å².